The summed E-state index contributed by atoms with van der Waals surface area (Å²) >= 11 is 0. The lowest BCUT2D eigenvalue weighted by atomic mass is 9.95. The number of carbonyl (C=O) groups excluding carboxylic acids is 3. The second kappa shape index (κ2) is 46.8. The largest absolute Gasteiger partial charge is 0.466 e. The quantitative estimate of drug-likeness (QED) is 0.0163. The van der Waals surface area contributed by atoms with Crippen LogP contribution in [0.3, 0.4) is 0 Å². The van der Waals surface area contributed by atoms with Crippen LogP contribution in [0, 0.1) is 6.92 Å². The van der Waals surface area contributed by atoms with Crippen LogP contribution >= 0.6 is 0 Å². The van der Waals surface area contributed by atoms with Crippen molar-refractivity contribution in [3.05, 3.63) is 220 Å². The summed E-state index contributed by atoms with van der Waals surface area (Å²) in [6.45, 7) is 12.1. The van der Waals surface area contributed by atoms with E-state index in [1.807, 2.05) is 123 Å². The first-order valence-corrected chi connectivity index (χ1v) is 52.4. The van der Waals surface area contributed by atoms with E-state index in [4.69, 9.17) is 18.9 Å². The van der Waals surface area contributed by atoms with Gasteiger partial charge in [-0.2, -0.15) is 0 Å². The molecule has 26 nitrogen and oxygen atoms in total. The summed E-state index contributed by atoms with van der Waals surface area (Å²) in [5.41, 5.74) is 10.0. The molecule has 4 N–H and O–H groups in total. The molecule has 7 atom stereocenters. The fraction of sp³-hybridized carbons (Fsp3) is 0.440. The van der Waals surface area contributed by atoms with Gasteiger partial charge in [0.05, 0.1) is 86.3 Å². The summed E-state index contributed by atoms with van der Waals surface area (Å²) in [6, 6.07) is 49.7. The maximum atomic E-state index is 13.4. The summed E-state index contributed by atoms with van der Waals surface area (Å²) in [5, 5.41) is 14.2. The van der Waals surface area contributed by atoms with Crippen molar-refractivity contribution in [2.24, 2.45) is 0 Å². The molecular formula is C91H120N8O18S7. The highest BCUT2D eigenvalue weighted by Crippen LogP contribution is 2.46. The van der Waals surface area contributed by atoms with Crippen molar-refractivity contribution in [3.8, 4) is 0 Å². The van der Waals surface area contributed by atoms with E-state index >= 15 is 0 Å². The highest BCUT2D eigenvalue weighted by molar-refractivity contribution is 7.94. The SMILES string of the molecule is CCOC(=O)CCCCCCNC1c2ccccc2N(C)S(=O)(=O)c2cc(S(C)=O)ccc21.CCOC(=O)CCCCCCNC1c2ccccc2N(C)S(=O)(=O)c2cc(S(C)=O)ccc21.CCOC(=O)CCCCCCNC1c2ccccc2N(C)S(=O)(=O)c2ccc(C)cc21.COCCCNC1c2ccccc2N(C)S(=O)(=O)c2cc(S(C)=O)ccc21. The van der Waals surface area contributed by atoms with Crippen LogP contribution in [-0.2, 0) is 106 Å². The van der Waals surface area contributed by atoms with Gasteiger partial charge < -0.3 is 40.2 Å². The van der Waals surface area contributed by atoms with Gasteiger partial charge in [0.15, 0.2) is 0 Å². The van der Waals surface area contributed by atoms with Crippen LogP contribution in [0.4, 0.5) is 22.7 Å². The topological polar surface area (TPSA) is 337 Å². The molecule has 0 saturated carbocycles. The normalized spacial score (nSPS) is 17.7. The van der Waals surface area contributed by atoms with E-state index in [1.54, 1.807) is 110 Å². The number of nitrogens with zero attached hydrogens (tertiary/aromatic N) is 4. The van der Waals surface area contributed by atoms with E-state index in [2.05, 4.69) is 21.3 Å². The summed E-state index contributed by atoms with van der Waals surface area (Å²) in [6.07, 6.45) is 17.7. The molecule has 12 rings (SSSR count). The highest BCUT2D eigenvalue weighted by Gasteiger charge is 2.40. The van der Waals surface area contributed by atoms with Crippen LogP contribution in [0.2, 0.25) is 0 Å². The van der Waals surface area contributed by atoms with Crippen molar-refractivity contribution in [2.75, 3.05) is 124 Å². The lowest BCUT2D eigenvalue weighted by molar-refractivity contribution is -0.144. The molecule has 4 aliphatic rings. The zero-order chi connectivity index (χ0) is 90.1. The van der Waals surface area contributed by atoms with E-state index in [0.29, 0.717) is 124 Å². The molecule has 0 saturated heterocycles. The van der Waals surface area contributed by atoms with Crippen LogP contribution < -0.4 is 38.5 Å². The standard InChI is InChI=1S/2C24H32N2O5S2.C24H32N2O4S.C19H24N2O4S2/c2*1-4-31-23(27)13-7-5-6-10-16-25-24-19-11-8-9-12-21(19)26(2)33(29,30)22-17-18(32(3)28)14-15-20(22)24;1-4-30-23(27)13-7-5-6-10-16-25-24-19-11-8-9-12-21(19)26(3)31(28,29)22-15-14-18(2)17-20(22)24;1-21-17-8-5-4-7-15(17)19(20-11-6-12-25-2)16-10-9-14(26(3)22)13-18(16)27(21,23)24/h2*8-9,11-12,14-15,17,24-25H,4-7,10,13,16H2,1-3H3;8-9,11-12,14-15,17,24-25H,4-7,10,13,16H2,1-3H3;4-5,7-10,13,19-20H,6,11-12H2,1-3H3. The molecule has 0 aromatic heterocycles. The first kappa shape index (κ1) is 99.2. The Morgan fingerprint density at radius 1 is 0.331 bits per heavy atom. The number of ether oxygens (including phenoxy) is 4. The number of hydrogen-bond acceptors (Lipinski definition) is 22. The van der Waals surface area contributed by atoms with Gasteiger partial charge in [-0.3, -0.25) is 44.2 Å². The number of aryl methyl sites for hydroxylation is 1. The Balaban J connectivity index is 0.000000188. The molecule has 7 unspecified atom stereocenters. The van der Waals surface area contributed by atoms with Crippen LogP contribution in [0.5, 0.6) is 0 Å². The molecule has 33 heteroatoms. The van der Waals surface area contributed by atoms with Crippen LogP contribution in [0.1, 0.15) is 198 Å². The predicted octanol–water partition coefficient (Wildman–Crippen LogP) is 14.1. The third kappa shape index (κ3) is 24.8. The smallest absolute Gasteiger partial charge is 0.305 e. The Kier molecular flexibility index (Phi) is 37.4. The molecular weight excluding hydrogens is 1720 g/mol. The zero-order valence-corrected chi connectivity index (χ0v) is 78.7. The average Bonchev–Trinajstić information content (AvgIpc) is 1.62. The molecule has 0 radical (unpaired) electrons. The van der Waals surface area contributed by atoms with E-state index in [0.717, 1.165) is 123 Å². The second-order valence-corrected chi connectivity index (χ2v) is 42.3. The molecule has 8 aromatic carbocycles. The Hall–Kier alpha value is -8.58. The minimum atomic E-state index is -3.80. The monoisotopic (exact) mass is 1840 g/mol. The molecule has 4 aliphatic heterocycles. The number of unbranched alkanes of at least 4 members (excludes halogenated alkanes) is 9. The van der Waals surface area contributed by atoms with Gasteiger partial charge in [0.2, 0.25) is 0 Å². The zero-order valence-electron chi connectivity index (χ0n) is 72.9. The van der Waals surface area contributed by atoms with E-state index in [1.165, 1.54) is 35.4 Å². The molecule has 674 valence electrons. The minimum Gasteiger partial charge on any atom is -0.466 e. The molecule has 4 heterocycles. The van der Waals surface area contributed by atoms with Crippen LogP contribution in [0.25, 0.3) is 0 Å². The summed E-state index contributed by atoms with van der Waals surface area (Å²) in [4.78, 5) is 36.7. The third-order valence-corrected chi connectivity index (χ3v) is 32.1. The molecule has 0 bridgehead atoms. The van der Waals surface area contributed by atoms with Gasteiger partial charge in [0.1, 0.15) is 0 Å². The van der Waals surface area contributed by atoms with E-state index in [9.17, 15) is 60.7 Å². The second-order valence-electron chi connectivity index (χ2n) is 30.4. The Labute approximate surface area is 741 Å². The number of fused-ring (bicyclic) bond motifs is 8. The Bertz CT molecular complexity index is 5390. The number of esters is 3. The van der Waals surface area contributed by atoms with E-state index in [-0.39, 0.29) is 56.8 Å². The lowest BCUT2D eigenvalue weighted by Gasteiger charge is -2.22. The number of methoxy groups -OCH3 is 1. The van der Waals surface area contributed by atoms with Gasteiger partial charge in [-0.1, -0.05) is 147 Å². The van der Waals surface area contributed by atoms with Crippen molar-refractivity contribution in [1.29, 1.82) is 0 Å². The van der Waals surface area contributed by atoms with Crippen molar-refractivity contribution in [2.45, 2.75) is 189 Å². The molecule has 0 amide bonds. The van der Waals surface area contributed by atoms with Gasteiger partial charge >= 0.3 is 17.9 Å². The molecule has 124 heavy (non-hydrogen) atoms. The number of hydrogen-bond donors (Lipinski definition) is 4. The van der Waals surface area contributed by atoms with Gasteiger partial charge in [-0.15, -0.1) is 0 Å². The molecule has 0 aliphatic carbocycles. The number of rotatable bonds is 35. The summed E-state index contributed by atoms with van der Waals surface area (Å²) in [5.74, 6) is -0.437. The summed E-state index contributed by atoms with van der Waals surface area (Å²) in [7, 11) is -10.9. The molecule has 8 aromatic rings. The number of sulfonamides is 4. The number of nitrogens with one attached hydrogen (secondary N) is 4. The highest BCUT2D eigenvalue weighted by atomic mass is 32.2. The first-order valence-electron chi connectivity index (χ1n) is 42.0. The fourth-order valence-electron chi connectivity index (χ4n) is 15.5. The molecule has 0 fully saturated rings. The van der Waals surface area contributed by atoms with Crippen LogP contribution in [0.15, 0.2) is 204 Å². The summed E-state index contributed by atoms with van der Waals surface area (Å²) < 4.78 is 168. The number of benzene rings is 8. The van der Waals surface area contributed by atoms with Crippen molar-refractivity contribution >= 4 is 113 Å². The average molecular weight is 1840 g/mol. The van der Waals surface area contributed by atoms with E-state index < -0.39 is 72.5 Å². The van der Waals surface area contributed by atoms with Crippen molar-refractivity contribution < 1.29 is 79.6 Å². The number of carbonyl (C=O) groups is 3. The number of para-hydroxylation sites is 4. The maximum Gasteiger partial charge on any atom is 0.305 e. The van der Waals surface area contributed by atoms with Gasteiger partial charge in [0.25, 0.3) is 40.1 Å². The maximum absolute atomic E-state index is 13.4. The lowest BCUT2D eigenvalue weighted by Crippen LogP contribution is -2.26. The van der Waals surface area contributed by atoms with Gasteiger partial charge in [-0.25, -0.2) is 33.7 Å². The van der Waals surface area contributed by atoms with Crippen molar-refractivity contribution in [3.63, 3.8) is 0 Å². The van der Waals surface area contributed by atoms with Gasteiger partial charge in [-0.05, 0) is 210 Å². The van der Waals surface area contributed by atoms with Gasteiger partial charge in [0, 0.05) is 127 Å². The third-order valence-electron chi connectivity index (χ3n) is 22.0. The minimum absolute atomic E-state index is 0.131. The molecule has 0 spiro atoms. The predicted molar refractivity (Wildman–Crippen MR) is 491 cm³/mol. The first-order chi connectivity index (χ1) is 59.3. The Morgan fingerprint density at radius 3 is 0.879 bits per heavy atom. The number of anilines is 4. The van der Waals surface area contributed by atoms with Crippen molar-refractivity contribution in [1.82, 2.24) is 21.3 Å². The van der Waals surface area contributed by atoms with Crippen LogP contribution in [-0.4, -0.2) is 171 Å². The fourth-order valence-corrected chi connectivity index (χ4v) is 23.2. The Morgan fingerprint density at radius 2 is 0.597 bits per heavy atom.